The molecule has 2 aliphatic rings. The number of piperidine rings is 1. The maximum Gasteiger partial charge on any atom is 0.417 e. The number of aliphatic hydroxyl groups is 1. The molecule has 0 unspecified atom stereocenters. The molecule has 0 aromatic heterocycles. The van der Waals surface area contributed by atoms with Crippen molar-refractivity contribution < 1.29 is 23.1 Å². The molecule has 2 fully saturated rings. The Morgan fingerprint density at radius 3 is 2.74 bits per heavy atom. The van der Waals surface area contributed by atoms with Crippen molar-refractivity contribution in [3.05, 3.63) is 0 Å². The van der Waals surface area contributed by atoms with Gasteiger partial charge in [0.2, 0.25) is 5.91 Å². The van der Waals surface area contributed by atoms with Gasteiger partial charge in [0.15, 0.2) is 5.60 Å². The zero-order valence-corrected chi connectivity index (χ0v) is 10.9. The van der Waals surface area contributed by atoms with E-state index < -0.39 is 36.2 Å². The third-order valence-corrected chi connectivity index (χ3v) is 4.11. The van der Waals surface area contributed by atoms with Crippen molar-refractivity contribution in [2.45, 2.75) is 56.5 Å². The number of rotatable bonds is 3. The van der Waals surface area contributed by atoms with Crippen LogP contribution in [0.1, 0.15) is 39.0 Å². The van der Waals surface area contributed by atoms with Gasteiger partial charge < -0.3 is 10.0 Å². The highest BCUT2D eigenvalue weighted by atomic mass is 19.4. The summed E-state index contributed by atoms with van der Waals surface area (Å²) in [4.78, 5) is 13.4. The average Bonchev–Trinajstić information content (AvgIpc) is 2.69. The van der Waals surface area contributed by atoms with Crippen LogP contribution in [0, 0.1) is 0 Å². The molecule has 2 rings (SSSR count). The van der Waals surface area contributed by atoms with Gasteiger partial charge in [-0.3, -0.25) is 10.1 Å². The van der Waals surface area contributed by atoms with Gasteiger partial charge in [-0.25, -0.2) is 0 Å². The molecule has 19 heavy (non-hydrogen) atoms. The summed E-state index contributed by atoms with van der Waals surface area (Å²) in [5.74, 6) is -0.618. The number of carbonyl (C=O) groups excluding carboxylic acids is 1. The molecule has 2 atom stereocenters. The predicted molar refractivity (Wildman–Crippen MR) is 62.2 cm³/mol. The minimum atomic E-state index is -4.78. The van der Waals surface area contributed by atoms with Crippen molar-refractivity contribution in [1.82, 2.24) is 10.2 Å². The number of halogens is 3. The smallest absolute Gasteiger partial charge is 0.380 e. The van der Waals surface area contributed by atoms with Crippen molar-refractivity contribution in [2.75, 3.05) is 13.1 Å². The lowest BCUT2D eigenvalue weighted by Gasteiger charge is -2.49. The Balaban J connectivity index is 2.30. The first-order valence-corrected chi connectivity index (χ1v) is 6.59. The van der Waals surface area contributed by atoms with E-state index in [1.54, 1.807) is 0 Å². The molecule has 110 valence electrons. The molecule has 2 saturated heterocycles. The van der Waals surface area contributed by atoms with Crippen LogP contribution >= 0.6 is 0 Å². The average molecular weight is 280 g/mol. The topological polar surface area (TPSA) is 52.6 Å². The Morgan fingerprint density at radius 1 is 1.47 bits per heavy atom. The van der Waals surface area contributed by atoms with E-state index in [9.17, 15) is 23.1 Å². The Labute approximate surface area is 110 Å². The number of hydrogen-bond acceptors (Lipinski definition) is 3. The number of hydrogen-bond donors (Lipinski definition) is 2. The van der Waals surface area contributed by atoms with Crippen LogP contribution in [0.5, 0.6) is 0 Å². The van der Waals surface area contributed by atoms with Crippen molar-refractivity contribution in [3.8, 4) is 0 Å². The minimum absolute atomic E-state index is 0.413. The molecule has 2 heterocycles. The highest BCUT2D eigenvalue weighted by molar-refractivity contribution is 5.80. The van der Waals surface area contributed by atoms with Crippen molar-refractivity contribution in [2.24, 2.45) is 0 Å². The monoisotopic (exact) mass is 280 g/mol. The van der Waals surface area contributed by atoms with Crippen LogP contribution < -0.4 is 5.32 Å². The summed E-state index contributed by atoms with van der Waals surface area (Å²) < 4.78 is 39.0. The number of carbonyl (C=O) groups is 1. The van der Waals surface area contributed by atoms with Gasteiger partial charge >= 0.3 is 6.18 Å². The van der Waals surface area contributed by atoms with E-state index in [2.05, 4.69) is 5.32 Å². The number of nitrogens with zero attached hydrogens (tertiary/aromatic N) is 1. The van der Waals surface area contributed by atoms with E-state index in [1.165, 1.54) is 4.90 Å². The Hall–Kier alpha value is -0.820. The first kappa shape index (κ1) is 14.6. The van der Waals surface area contributed by atoms with Gasteiger partial charge in [-0.1, -0.05) is 19.8 Å². The Kier molecular flexibility index (Phi) is 3.55. The molecule has 0 saturated carbocycles. The Bertz CT molecular complexity index is 374. The summed E-state index contributed by atoms with van der Waals surface area (Å²) in [6.45, 7) is 2.83. The molecule has 0 bridgehead atoms. The molecule has 0 aliphatic carbocycles. The molecular weight excluding hydrogens is 261 g/mol. The molecule has 7 heteroatoms. The number of nitrogens with one attached hydrogen (secondary N) is 1. The summed E-state index contributed by atoms with van der Waals surface area (Å²) >= 11 is 0. The predicted octanol–water partition coefficient (Wildman–Crippen LogP) is 1.39. The Morgan fingerprint density at radius 2 is 2.16 bits per heavy atom. The van der Waals surface area contributed by atoms with E-state index >= 15 is 0 Å². The van der Waals surface area contributed by atoms with Crippen LogP contribution in [0.25, 0.3) is 0 Å². The molecule has 1 amide bonds. The molecule has 2 aliphatic heterocycles. The van der Waals surface area contributed by atoms with E-state index in [1.807, 2.05) is 6.92 Å². The minimum Gasteiger partial charge on any atom is -0.380 e. The third-order valence-electron chi connectivity index (χ3n) is 4.11. The first-order valence-electron chi connectivity index (χ1n) is 6.59. The lowest BCUT2D eigenvalue weighted by Crippen LogP contribution is -2.66. The molecule has 0 spiro atoms. The zero-order valence-electron chi connectivity index (χ0n) is 10.9. The zero-order chi connectivity index (χ0) is 14.3. The van der Waals surface area contributed by atoms with Gasteiger partial charge in [0.1, 0.15) is 0 Å². The molecular formula is C12H19F3N2O2. The van der Waals surface area contributed by atoms with Crippen LogP contribution in [0.2, 0.25) is 0 Å². The van der Waals surface area contributed by atoms with Gasteiger partial charge in [0, 0.05) is 19.5 Å². The molecule has 4 nitrogen and oxygen atoms in total. The maximum absolute atomic E-state index is 13.0. The second-order valence-electron chi connectivity index (χ2n) is 5.49. The van der Waals surface area contributed by atoms with Crippen LogP contribution in [-0.2, 0) is 4.79 Å². The third kappa shape index (κ3) is 2.33. The lowest BCUT2D eigenvalue weighted by atomic mass is 9.79. The van der Waals surface area contributed by atoms with Gasteiger partial charge in [-0.15, -0.1) is 0 Å². The molecule has 0 aromatic carbocycles. The summed E-state index contributed by atoms with van der Waals surface area (Å²) in [5, 5.41) is 12.9. The number of fused-ring (bicyclic) bond motifs is 1. The standard InChI is InChI=1S/C12H19F3N2O2/c1-2-3-4-11-8-10(19,12(13,14)15)7-9(18)17(11)6-5-16-11/h16,19H,2-8H2,1H3/t10-,11+/m0/s1. The first-order chi connectivity index (χ1) is 8.74. The SMILES string of the molecule is CCCC[C@]12C[C@](O)(C(F)(F)F)CC(=O)N1CCN2. The second kappa shape index (κ2) is 4.63. The molecule has 2 N–H and O–H groups in total. The summed E-state index contributed by atoms with van der Waals surface area (Å²) in [6.07, 6.45) is -4.15. The summed E-state index contributed by atoms with van der Waals surface area (Å²) in [7, 11) is 0. The molecule has 0 radical (unpaired) electrons. The summed E-state index contributed by atoms with van der Waals surface area (Å²) in [5.41, 5.74) is -3.94. The fourth-order valence-electron chi connectivity index (χ4n) is 3.10. The van der Waals surface area contributed by atoms with Crippen LogP contribution in [-0.4, -0.2) is 46.4 Å². The highest BCUT2D eigenvalue weighted by Crippen LogP contribution is 2.46. The van der Waals surface area contributed by atoms with Crippen molar-refractivity contribution in [3.63, 3.8) is 0 Å². The number of unbranched alkanes of at least 4 members (excludes halogenated alkanes) is 1. The van der Waals surface area contributed by atoms with Crippen LogP contribution in [0.3, 0.4) is 0 Å². The van der Waals surface area contributed by atoms with Crippen molar-refractivity contribution >= 4 is 5.91 Å². The lowest BCUT2D eigenvalue weighted by molar-refractivity contribution is -0.280. The summed E-state index contributed by atoms with van der Waals surface area (Å²) in [6, 6.07) is 0. The van der Waals surface area contributed by atoms with Gasteiger partial charge in [0.25, 0.3) is 0 Å². The normalized spacial score (nSPS) is 35.6. The largest absolute Gasteiger partial charge is 0.417 e. The van der Waals surface area contributed by atoms with Gasteiger partial charge in [0.05, 0.1) is 12.1 Å². The second-order valence-corrected chi connectivity index (χ2v) is 5.49. The number of amides is 1. The fourth-order valence-corrected chi connectivity index (χ4v) is 3.10. The van der Waals surface area contributed by atoms with Crippen LogP contribution in [0.15, 0.2) is 0 Å². The number of alkyl halides is 3. The van der Waals surface area contributed by atoms with E-state index in [0.717, 1.165) is 6.42 Å². The fraction of sp³-hybridized carbons (Fsp3) is 0.917. The van der Waals surface area contributed by atoms with Gasteiger partial charge in [-0.05, 0) is 6.42 Å². The van der Waals surface area contributed by atoms with E-state index in [4.69, 9.17) is 0 Å². The van der Waals surface area contributed by atoms with E-state index in [0.29, 0.717) is 25.9 Å². The maximum atomic E-state index is 13.0. The van der Waals surface area contributed by atoms with Gasteiger partial charge in [-0.2, -0.15) is 13.2 Å². The quantitative estimate of drug-likeness (QED) is 0.821. The van der Waals surface area contributed by atoms with E-state index in [-0.39, 0.29) is 0 Å². The van der Waals surface area contributed by atoms with Crippen LogP contribution in [0.4, 0.5) is 13.2 Å². The highest BCUT2D eigenvalue weighted by Gasteiger charge is 2.64. The van der Waals surface area contributed by atoms with Crippen molar-refractivity contribution in [1.29, 1.82) is 0 Å². The molecule has 0 aromatic rings.